The van der Waals surface area contributed by atoms with Crippen LogP contribution >= 0.6 is 0 Å². The van der Waals surface area contributed by atoms with E-state index in [1.807, 2.05) is 12.1 Å². The van der Waals surface area contributed by atoms with E-state index >= 15 is 0 Å². The third-order valence-electron chi connectivity index (χ3n) is 4.04. The summed E-state index contributed by atoms with van der Waals surface area (Å²) in [5.74, 6) is 1.20. The lowest BCUT2D eigenvalue weighted by molar-refractivity contribution is -0.129. The van der Waals surface area contributed by atoms with Gasteiger partial charge in [-0.3, -0.25) is 4.79 Å². The third-order valence-corrected chi connectivity index (χ3v) is 4.04. The van der Waals surface area contributed by atoms with Crippen molar-refractivity contribution in [2.24, 2.45) is 5.73 Å². The summed E-state index contributed by atoms with van der Waals surface area (Å²) in [4.78, 5) is 12.1. The maximum atomic E-state index is 12.1. The number of hydrogen-bond acceptors (Lipinski definition) is 4. The Bertz CT molecular complexity index is 479. The average Bonchev–Trinajstić information content (AvgIpc) is 2.52. The van der Waals surface area contributed by atoms with E-state index in [9.17, 15) is 4.79 Å². The first kappa shape index (κ1) is 16.8. The molecule has 0 spiro atoms. The van der Waals surface area contributed by atoms with Gasteiger partial charge < -0.3 is 20.5 Å². The molecule has 122 valence electrons. The van der Waals surface area contributed by atoms with E-state index in [4.69, 9.17) is 15.2 Å². The quantitative estimate of drug-likeness (QED) is 0.786. The van der Waals surface area contributed by atoms with Gasteiger partial charge in [0.05, 0.1) is 12.1 Å². The van der Waals surface area contributed by atoms with Gasteiger partial charge in [-0.15, -0.1) is 0 Å². The molecule has 2 rings (SSSR count). The van der Waals surface area contributed by atoms with Crippen molar-refractivity contribution in [3.8, 4) is 5.75 Å². The van der Waals surface area contributed by atoms with Gasteiger partial charge in [-0.2, -0.15) is 0 Å². The Morgan fingerprint density at radius 2 is 1.95 bits per heavy atom. The van der Waals surface area contributed by atoms with E-state index in [2.05, 4.69) is 31.3 Å². The van der Waals surface area contributed by atoms with E-state index in [1.165, 1.54) is 5.56 Å². The van der Waals surface area contributed by atoms with Crippen molar-refractivity contribution in [2.45, 2.75) is 38.1 Å². The Kier molecular flexibility index (Phi) is 5.80. The highest BCUT2D eigenvalue weighted by molar-refractivity contribution is 5.86. The number of nitrogens with one attached hydrogen (secondary N) is 1. The molecule has 1 fully saturated rings. The van der Waals surface area contributed by atoms with E-state index in [0.717, 1.165) is 5.75 Å². The summed E-state index contributed by atoms with van der Waals surface area (Å²) in [7, 11) is 0. The Balaban J connectivity index is 1.71. The zero-order valence-electron chi connectivity index (χ0n) is 13.4. The van der Waals surface area contributed by atoms with Crippen LogP contribution in [0.5, 0.6) is 5.75 Å². The molecule has 0 saturated carbocycles. The molecule has 1 aromatic carbocycles. The number of rotatable bonds is 6. The van der Waals surface area contributed by atoms with E-state index in [1.54, 1.807) is 0 Å². The van der Waals surface area contributed by atoms with Crippen LogP contribution in [0.15, 0.2) is 24.3 Å². The monoisotopic (exact) mass is 306 g/mol. The van der Waals surface area contributed by atoms with Crippen molar-refractivity contribution in [3.63, 3.8) is 0 Å². The molecule has 5 nitrogen and oxygen atoms in total. The van der Waals surface area contributed by atoms with Crippen molar-refractivity contribution in [2.75, 3.05) is 26.4 Å². The highest BCUT2D eigenvalue weighted by atomic mass is 16.5. The summed E-state index contributed by atoms with van der Waals surface area (Å²) in [6.45, 7) is 6.28. The first-order valence-corrected chi connectivity index (χ1v) is 7.89. The summed E-state index contributed by atoms with van der Waals surface area (Å²) < 4.78 is 10.9. The minimum Gasteiger partial charge on any atom is -0.492 e. The van der Waals surface area contributed by atoms with Crippen molar-refractivity contribution in [3.05, 3.63) is 29.8 Å². The summed E-state index contributed by atoms with van der Waals surface area (Å²) >= 11 is 0. The molecular weight excluding hydrogens is 280 g/mol. The largest absolute Gasteiger partial charge is 0.492 e. The summed E-state index contributed by atoms with van der Waals surface area (Å²) in [5.41, 5.74) is 6.60. The van der Waals surface area contributed by atoms with Crippen LogP contribution in [-0.2, 0) is 9.53 Å². The minimum atomic E-state index is -0.794. The molecule has 1 aliphatic heterocycles. The lowest BCUT2D eigenvalue weighted by Gasteiger charge is -2.31. The lowest BCUT2D eigenvalue weighted by Crippen LogP contribution is -2.57. The van der Waals surface area contributed by atoms with Gasteiger partial charge in [-0.1, -0.05) is 26.0 Å². The maximum absolute atomic E-state index is 12.1. The summed E-state index contributed by atoms with van der Waals surface area (Å²) in [6, 6.07) is 8.05. The second kappa shape index (κ2) is 7.61. The van der Waals surface area contributed by atoms with Crippen molar-refractivity contribution in [1.29, 1.82) is 0 Å². The first-order chi connectivity index (χ1) is 10.5. The van der Waals surface area contributed by atoms with Gasteiger partial charge in [0.1, 0.15) is 12.4 Å². The van der Waals surface area contributed by atoms with E-state index < -0.39 is 5.54 Å². The molecule has 0 unspecified atom stereocenters. The molecule has 3 N–H and O–H groups in total. The first-order valence-electron chi connectivity index (χ1n) is 7.89. The van der Waals surface area contributed by atoms with Crippen LogP contribution in [0, 0.1) is 0 Å². The van der Waals surface area contributed by atoms with Gasteiger partial charge in [-0.05, 0) is 36.5 Å². The van der Waals surface area contributed by atoms with Crippen molar-refractivity contribution in [1.82, 2.24) is 5.32 Å². The average molecular weight is 306 g/mol. The predicted octanol–water partition coefficient (Wildman–Crippen LogP) is 1.81. The second-order valence-electron chi connectivity index (χ2n) is 6.10. The zero-order chi connectivity index (χ0) is 16.0. The molecule has 1 aliphatic rings. The maximum Gasteiger partial charge on any atom is 0.240 e. The molecule has 1 heterocycles. The number of hydrogen-bond donors (Lipinski definition) is 2. The van der Waals surface area contributed by atoms with Crippen LogP contribution in [0.25, 0.3) is 0 Å². The molecule has 1 amide bonds. The molecule has 22 heavy (non-hydrogen) atoms. The van der Waals surface area contributed by atoms with E-state index in [0.29, 0.717) is 45.1 Å². The SMILES string of the molecule is CC(C)c1ccc(OCCNC(=O)C2(N)CCOCC2)cc1. The normalized spacial score (nSPS) is 17.3. The second-order valence-corrected chi connectivity index (χ2v) is 6.10. The van der Waals surface area contributed by atoms with Crippen LogP contribution in [0.1, 0.15) is 38.2 Å². The Labute approximate surface area is 132 Å². The van der Waals surface area contributed by atoms with Crippen molar-refractivity contribution >= 4 is 5.91 Å². The number of amides is 1. The fourth-order valence-electron chi connectivity index (χ4n) is 2.42. The van der Waals surface area contributed by atoms with Gasteiger partial charge >= 0.3 is 0 Å². The number of nitrogens with two attached hydrogens (primary N) is 1. The molecule has 0 atom stereocenters. The summed E-state index contributed by atoms with van der Waals surface area (Å²) in [5, 5.41) is 2.85. The third kappa shape index (κ3) is 4.45. The minimum absolute atomic E-state index is 0.116. The number of ether oxygens (including phenoxy) is 2. The van der Waals surface area contributed by atoms with Crippen molar-refractivity contribution < 1.29 is 14.3 Å². The standard InChI is InChI=1S/C17H26N2O3/c1-13(2)14-3-5-15(6-4-14)22-12-9-19-16(20)17(18)7-10-21-11-8-17/h3-6,13H,7-12,18H2,1-2H3,(H,19,20). The molecule has 0 radical (unpaired) electrons. The predicted molar refractivity (Wildman–Crippen MR) is 86.0 cm³/mol. The molecule has 0 aliphatic carbocycles. The van der Waals surface area contributed by atoms with Crippen LogP contribution in [0.4, 0.5) is 0 Å². The van der Waals surface area contributed by atoms with Gasteiger partial charge in [0.15, 0.2) is 0 Å². The fraction of sp³-hybridized carbons (Fsp3) is 0.588. The molecule has 1 aromatic rings. The van der Waals surface area contributed by atoms with Gasteiger partial charge in [-0.25, -0.2) is 0 Å². The molecule has 5 heteroatoms. The molecule has 0 bridgehead atoms. The topological polar surface area (TPSA) is 73.6 Å². The van der Waals surface area contributed by atoms with Gasteiger partial charge in [0.25, 0.3) is 0 Å². The van der Waals surface area contributed by atoms with Crippen LogP contribution < -0.4 is 15.8 Å². The Hall–Kier alpha value is -1.59. The number of benzene rings is 1. The highest BCUT2D eigenvalue weighted by Gasteiger charge is 2.35. The summed E-state index contributed by atoms with van der Waals surface area (Å²) in [6.07, 6.45) is 1.13. The number of carbonyl (C=O) groups is 1. The molecule has 1 saturated heterocycles. The van der Waals surface area contributed by atoms with Gasteiger partial charge in [0.2, 0.25) is 5.91 Å². The zero-order valence-corrected chi connectivity index (χ0v) is 13.4. The smallest absolute Gasteiger partial charge is 0.240 e. The van der Waals surface area contributed by atoms with Crippen LogP contribution in [-0.4, -0.2) is 37.8 Å². The van der Waals surface area contributed by atoms with E-state index in [-0.39, 0.29) is 5.91 Å². The highest BCUT2D eigenvalue weighted by Crippen LogP contribution is 2.19. The lowest BCUT2D eigenvalue weighted by atomic mass is 9.90. The molecular formula is C17H26N2O3. The fourth-order valence-corrected chi connectivity index (χ4v) is 2.42. The Morgan fingerprint density at radius 3 is 2.55 bits per heavy atom. The number of carbonyl (C=O) groups excluding carboxylic acids is 1. The van der Waals surface area contributed by atoms with Crippen LogP contribution in [0.2, 0.25) is 0 Å². The van der Waals surface area contributed by atoms with Gasteiger partial charge in [0, 0.05) is 13.2 Å². The van der Waals surface area contributed by atoms with Crippen LogP contribution in [0.3, 0.4) is 0 Å². The molecule has 0 aromatic heterocycles. The Morgan fingerprint density at radius 1 is 1.32 bits per heavy atom.